The maximum Gasteiger partial charge on any atom is 0.124 e. The van der Waals surface area contributed by atoms with Gasteiger partial charge < -0.3 is 10.4 Å². The Morgan fingerprint density at radius 1 is 0.958 bits per heavy atom. The predicted octanol–water partition coefficient (Wildman–Crippen LogP) is 6.18. The molecule has 0 amide bonds. The number of phenols is 1. The molecule has 0 aromatic heterocycles. The van der Waals surface area contributed by atoms with E-state index in [1.165, 1.54) is 0 Å². The Morgan fingerprint density at radius 2 is 1.58 bits per heavy atom. The molecule has 2 rings (SSSR count). The number of para-hydroxylation sites is 2. The summed E-state index contributed by atoms with van der Waals surface area (Å²) in [7, 11) is -1.32. The van der Waals surface area contributed by atoms with Crippen molar-refractivity contribution in [1.82, 2.24) is 0 Å². The Morgan fingerprint density at radius 3 is 2.12 bits per heavy atom. The maximum absolute atomic E-state index is 10.9. The lowest BCUT2D eigenvalue weighted by Gasteiger charge is -2.29. The highest BCUT2D eigenvalue weighted by atomic mass is 28.3. The average molecular weight is 342 g/mol. The second kappa shape index (κ2) is 7.02. The molecule has 0 saturated carbocycles. The summed E-state index contributed by atoms with van der Waals surface area (Å²) in [5.41, 5.74) is 3.04. The molecule has 0 spiro atoms. The van der Waals surface area contributed by atoms with E-state index >= 15 is 0 Å². The summed E-state index contributed by atoms with van der Waals surface area (Å²) in [6.07, 6.45) is 0. The molecule has 2 nitrogen and oxygen atoms in total. The van der Waals surface area contributed by atoms with Crippen LogP contribution in [0.3, 0.4) is 0 Å². The minimum Gasteiger partial charge on any atom is -0.507 e. The van der Waals surface area contributed by atoms with Gasteiger partial charge in [-0.25, -0.2) is 0 Å². The normalized spacial score (nSPS) is 13.6. The summed E-state index contributed by atoms with van der Waals surface area (Å²) in [6, 6.07) is 17.6. The fourth-order valence-electron chi connectivity index (χ4n) is 3.03. The third-order valence-electron chi connectivity index (χ3n) is 4.18. The fourth-order valence-corrected chi connectivity index (χ4v) is 4.58. The van der Waals surface area contributed by atoms with Crippen LogP contribution in [0.4, 0.5) is 5.69 Å². The maximum atomic E-state index is 10.9. The van der Waals surface area contributed by atoms with Gasteiger partial charge in [0.2, 0.25) is 0 Å². The molecule has 1 atom stereocenters. The summed E-state index contributed by atoms with van der Waals surface area (Å²) < 4.78 is 0. The first-order valence-electron chi connectivity index (χ1n) is 8.72. The lowest BCUT2D eigenvalue weighted by Crippen LogP contribution is -2.27. The Bertz CT molecular complexity index is 668. The molecule has 0 heterocycles. The van der Waals surface area contributed by atoms with E-state index in [2.05, 4.69) is 70.0 Å². The highest BCUT2D eigenvalue weighted by Crippen LogP contribution is 2.39. The van der Waals surface area contributed by atoms with Crippen LogP contribution in [0.2, 0.25) is 25.7 Å². The zero-order valence-corrected chi connectivity index (χ0v) is 16.9. The summed E-state index contributed by atoms with van der Waals surface area (Å²) in [5.74, 6) is 0.441. The van der Waals surface area contributed by atoms with Crippen molar-refractivity contribution >= 4 is 13.8 Å². The quantitative estimate of drug-likeness (QED) is 0.636. The van der Waals surface area contributed by atoms with Crippen LogP contribution in [-0.2, 0) is 5.41 Å². The molecule has 0 aliphatic heterocycles. The van der Waals surface area contributed by atoms with Crippen molar-refractivity contribution in [2.75, 3.05) is 5.32 Å². The molecular weight excluding hydrogens is 310 g/mol. The molecule has 3 heteroatoms. The largest absolute Gasteiger partial charge is 0.507 e. The number of anilines is 1. The Kier molecular flexibility index (Phi) is 5.44. The van der Waals surface area contributed by atoms with Crippen LogP contribution >= 0.6 is 0 Å². The molecule has 130 valence electrons. The van der Waals surface area contributed by atoms with Crippen molar-refractivity contribution < 1.29 is 5.11 Å². The second-order valence-corrected chi connectivity index (χ2v) is 14.4. The van der Waals surface area contributed by atoms with Gasteiger partial charge in [-0.1, -0.05) is 76.8 Å². The molecule has 0 aliphatic carbocycles. The Labute approximate surface area is 147 Å². The average Bonchev–Trinajstić information content (AvgIpc) is 2.45. The van der Waals surface area contributed by atoms with Crippen LogP contribution in [0.1, 0.15) is 37.9 Å². The van der Waals surface area contributed by atoms with E-state index in [9.17, 15) is 5.11 Å². The highest BCUT2D eigenvalue weighted by Gasteiger charge is 2.27. The Balaban J connectivity index is 2.44. The topological polar surface area (TPSA) is 32.3 Å². The highest BCUT2D eigenvalue weighted by molar-refractivity contribution is 6.76. The summed E-state index contributed by atoms with van der Waals surface area (Å²) >= 11 is 0. The number of nitrogens with one attached hydrogen (secondary N) is 1. The monoisotopic (exact) mass is 341 g/mol. The first-order chi connectivity index (χ1) is 11.1. The van der Waals surface area contributed by atoms with Crippen molar-refractivity contribution in [2.45, 2.75) is 57.9 Å². The molecule has 24 heavy (non-hydrogen) atoms. The molecular formula is C21H31NOSi. The zero-order chi connectivity index (χ0) is 18.0. The van der Waals surface area contributed by atoms with E-state index in [1.807, 2.05) is 24.3 Å². The van der Waals surface area contributed by atoms with Crippen molar-refractivity contribution in [3.63, 3.8) is 0 Å². The molecule has 0 radical (unpaired) electrons. The van der Waals surface area contributed by atoms with E-state index < -0.39 is 8.07 Å². The molecule has 2 aromatic carbocycles. The summed E-state index contributed by atoms with van der Waals surface area (Å²) in [6.45, 7) is 13.5. The smallest absolute Gasteiger partial charge is 0.124 e. The van der Waals surface area contributed by atoms with Crippen LogP contribution in [0.5, 0.6) is 5.75 Å². The van der Waals surface area contributed by atoms with E-state index in [0.717, 1.165) is 22.9 Å². The lowest BCUT2D eigenvalue weighted by molar-refractivity contribution is 0.438. The first kappa shape index (κ1) is 18.6. The SMILES string of the molecule is CC(C)(C)c1cccc(C(C[Si](C)(C)C)Nc2ccccc2)c1O. The van der Waals surface area contributed by atoms with Crippen molar-refractivity contribution in [3.8, 4) is 5.75 Å². The molecule has 0 saturated heterocycles. The van der Waals surface area contributed by atoms with Crippen LogP contribution in [0.25, 0.3) is 0 Å². The van der Waals surface area contributed by atoms with Gasteiger partial charge in [-0.15, -0.1) is 0 Å². The van der Waals surface area contributed by atoms with E-state index in [1.54, 1.807) is 0 Å². The molecule has 2 N–H and O–H groups in total. The van der Waals surface area contributed by atoms with E-state index in [0.29, 0.717) is 5.75 Å². The third-order valence-corrected chi connectivity index (χ3v) is 5.81. The number of benzene rings is 2. The number of aromatic hydroxyl groups is 1. The molecule has 0 aliphatic rings. The zero-order valence-electron chi connectivity index (χ0n) is 15.9. The fraction of sp³-hybridized carbons (Fsp3) is 0.429. The third kappa shape index (κ3) is 4.87. The van der Waals surface area contributed by atoms with Crippen molar-refractivity contribution in [3.05, 3.63) is 59.7 Å². The van der Waals surface area contributed by atoms with Gasteiger partial charge in [-0.3, -0.25) is 0 Å². The van der Waals surface area contributed by atoms with E-state index in [-0.39, 0.29) is 11.5 Å². The van der Waals surface area contributed by atoms with Gasteiger partial charge in [0, 0.05) is 19.3 Å². The van der Waals surface area contributed by atoms with E-state index in [4.69, 9.17) is 0 Å². The van der Waals surface area contributed by atoms with Gasteiger partial charge in [0.05, 0.1) is 6.04 Å². The summed E-state index contributed by atoms with van der Waals surface area (Å²) in [4.78, 5) is 0. The van der Waals surface area contributed by atoms with Crippen molar-refractivity contribution in [1.29, 1.82) is 0 Å². The molecule has 0 bridgehead atoms. The van der Waals surface area contributed by atoms with Crippen LogP contribution in [0.15, 0.2) is 48.5 Å². The van der Waals surface area contributed by atoms with Crippen LogP contribution < -0.4 is 5.32 Å². The second-order valence-electron chi connectivity index (χ2n) is 8.82. The molecule has 1 unspecified atom stereocenters. The van der Waals surface area contributed by atoms with Gasteiger partial charge in [-0.2, -0.15) is 0 Å². The first-order valence-corrected chi connectivity index (χ1v) is 12.4. The lowest BCUT2D eigenvalue weighted by atomic mass is 9.84. The minimum atomic E-state index is -1.32. The molecule has 0 fully saturated rings. The number of phenolic OH excluding ortho intramolecular Hbond substituents is 1. The number of hydrogen-bond acceptors (Lipinski definition) is 2. The number of hydrogen-bond donors (Lipinski definition) is 2. The van der Waals surface area contributed by atoms with Gasteiger partial charge in [0.15, 0.2) is 0 Å². The standard InChI is InChI=1S/C21H31NOSi/c1-21(2,3)18-14-10-13-17(20(18)23)19(15-24(4,5)6)22-16-11-8-7-9-12-16/h7-14,19,22-23H,15H2,1-6H3. The Hall–Kier alpha value is -1.74. The van der Waals surface area contributed by atoms with Crippen LogP contribution in [0, 0.1) is 0 Å². The number of rotatable bonds is 5. The minimum absolute atomic E-state index is 0.0729. The van der Waals surface area contributed by atoms with Gasteiger partial charge in [0.1, 0.15) is 5.75 Å². The predicted molar refractivity (Wildman–Crippen MR) is 108 cm³/mol. The van der Waals surface area contributed by atoms with Crippen molar-refractivity contribution in [2.24, 2.45) is 0 Å². The van der Waals surface area contributed by atoms with Gasteiger partial charge in [-0.05, 0) is 29.2 Å². The molecule has 2 aromatic rings. The van der Waals surface area contributed by atoms with Gasteiger partial charge >= 0.3 is 0 Å². The van der Waals surface area contributed by atoms with Gasteiger partial charge in [0.25, 0.3) is 0 Å². The summed E-state index contributed by atoms with van der Waals surface area (Å²) in [5, 5.41) is 14.6. The van der Waals surface area contributed by atoms with Crippen LogP contribution in [-0.4, -0.2) is 13.2 Å².